The lowest BCUT2D eigenvalue weighted by atomic mass is 10.2. The minimum absolute atomic E-state index is 0.140. The van der Waals surface area contributed by atoms with Gasteiger partial charge in [-0.25, -0.2) is 4.79 Å². The molecule has 0 radical (unpaired) electrons. The number of hydrogen-bond acceptors (Lipinski definition) is 4. The highest BCUT2D eigenvalue weighted by Gasteiger charge is 2.63. The second kappa shape index (κ2) is 6.90. The van der Waals surface area contributed by atoms with Gasteiger partial charge in [0.05, 0.1) is 6.61 Å². The number of amides is 1. The molecule has 0 unspecified atom stereocenters. The number of carbonyl (C=O) groups is 2. The molecule has 0 aliphatic rings. The molecule has 0 aromatic rings. The number of hydrogen-bond donors (Lipinski definition) is 1. The van der Waals surface area contributed by atoms with Crippen molar-refractivity contribution >= 4 is 12.1 Å². The van der Waals surface area contributed by atoms with Crippen LogP contribution in [0.25, 0.3) is 0 Å². The number of ether oxygens (including phenoxy) is 2. The van der Waals surface area contributed by atoms with Gasteiger partial charge in [-0.1, -0.05) is 0 Å². The van der Waals surface area contributed by atoms with Gasteiger partial charge in [-0.3, -0.25) is 4.79 Å². The topological polar surface area (TPSA) is 64.6 Å². The number of carbonyl (C=O) groups excluding carboxylic acids is 2. The largest absolute Gasteiger partial charge is 0.508 e. The van der Waals surface area contributed by atoms with E-state index in [4.69, 9.17) is 4.74 Å². The van der Waals surface area contributed by atoms with Crippen LogP contribution >= 0.6 is 0 Å². The van der Waals surface area contributed by atoms with E-state index in [1.54, 1.807) is 20.8 Å². The first-order valence-electron chi connectivity index (χ1n) is 5.86. The van der Waals surface area contributed by atoms with Crippen LogP contribution in [0.1, 0.15) is 27.2 Å². The van der Waals surface area contributed by atoms with Gasteiger partial charge in [0.1, 0.15) is 5.60 Å². The maximum absolute atomic E-state index is 12.5. The summed E-state index contributed by atoms with van der Waals surface area (Å²) in [5.74, 6) is -7.91. The lowest BCUT2D eigenvalue weighted by molar-refractivity contribution is -0.269. The zero-order valence-corrected chi connectivity index (χ0v) is 11.6. The highest BCUT2D eigenvalue weighted by atomic mass is 19.4. The number of alkyl halides is 5. The smallest absolute Gasteiger partial charge is 0.434 e. The number of rotatable bonds is 5. The Morgan fingerprint density at radius 3 is 2.00 bits per heavy atom. The molecule has 0 rings (SSSR count). The summed E-state index contributed by atoms with van der Waals surface area (Å²) in [6.07, 6.45) is -7.10. The number of halogens is 5. The molecule has 0 aliphatic carbocycles. The van der Waals surface area contributed by atoms with E-state index in [2.05, 4.69) is 4.74 Å². The molecule has 0 aliphatic heterocycles. The van der Waals surface area contributed by atoms with Gasteiger partial charge in [-0.05, 0) is 27.2 Å². The Bertz CT molecular complexity index is 376. The predicted molar refractivity (Wildman–Crippen MR) is 60.8 cm³/mol. The van der Waals surface area contributed by atoms with Gasteiger partial charge < -0.3 is 14.8 Å². The summed E-state index contributed by atoms with van der Waals surface area (Å²) in [7, 11) is 0. The predicted octanol–water partition coefficient (Wildman–Crippen LogP) is 2.64. The van der Waals surface area contributed by atoms with Crippen molar-refractivity contribution in [1.29, 1.82) is 0 Å². The fourth-order valence-electron chi connectivity index (χ4n) is 0.949. The normalized spacial score (nSPS) is 12.8. The van der Waals surface area contributed by atoms with Crippen LogP contribution in [-0.4, -0.2) is 42.9 Å². The van der Waals surface area contributed by atoms with Crippen LogP contribution in [0.4, 0.5) is 26.7 Å². The average Bonchev–Trinajstić information content (AvgIpc) is 2.24. The highest BCUT2D eigenvalue weighted by Crippen LogP contribution is 2.35. The van der Waals surface area contributed by atoms with Crippen LogP contribution in [0, 0.1) is 0 Å². The van der Waals surface area contributed by atoms with Gasteiger partial charge >= 0.3 is 18.3 Å². The van der Waals surface area contributed by atoms with Crippen LogP contribution in [0.5, 0.6) is 0 Å². The molecule has 0 spiro atoms. The monoisotopic (exact) mass is 321 g/mol. The van der Waals surface area contributed by atoms with Crippen molar-refractivity contribution in [3.05, 3.63) is 0 Å². The van der Waals surface area contributed by atoms with E-state index in [1.165, 1.54) is 5.32 Å². The highest BCUT2D eigenvalue weighted by molar-refractivity contribution is 5.84. The molecule has 124 valence electrons. The van der Waals surface area contributed by atoms with Crippen molar-refractivity contribution in [2.45, 2.75) is 44.9 Å². The molecule has 0 saturated carbocycles. The van der Waals surface area contributed by atoms with Crippen LogP contribution in [0.15, 0.2) is 0 Å². The van der Waals surface area contributed by atoms with Crippen LogP contribution in [0.2, 0.25) is 0 Å². The number of nitrogens with one attached hydrogen (secondary N) is 1. The van der Waals surface area contributed by atoms with Gasteiger partial charge in [0, 0.05) is 6.54 Å². The lowest BCUT2D eigenvalue weighted by Crippen LogP contribution is -2.50. The third-order valence-electron chi connectivity index (χ3n) is 1.86. The molecule has 0 bridgehead atoms. The fraction of sp³-hybridized carbons (Fsp3) is 0.818. The van der Waals surface area contributed by atoms with Gasteiger partial charge in [0.15, 0.2) is 0 Å². The Kier molecular flexibility index (Phi) is 6.37. The Morgan fingerprint density at radius 2 is 1.57 bits per heavy atom. The standard InChI is InChI=1S/C11H16F5NO4/c1-9(2,3)21-8(19)20-6-4-5-17-7(18)10(12,13)11(14,15)16/h4-6H2,1-3H3,(H,17,18). The summed E-state index contributed by atoms with van der Waals surface area (Å²) in [5.41, 5.74) is -0.778. The molecule has 5 nitrogen and oxygen atoms in total. The molecule has 0 heterocycles. The Hall–Kier alpha value is -1.61. The molecule has 0 atom stereocenters. The maximum atomic E-state index is 12.5. The molecular formula is C11H16F5NO4. The summed E-state index contributed by atoms with van der Waals surface area (Å²) < 4.78 is 69.8. The SMILES string of the molecule is CC(C)(C)OC(=O)OCCCNC(=O)C(F)(F)C(F)(F)F. The van der Waals surface area contributed by atoms with E-state index in [-0.39, 0.29) is 13.0 Å². The molecule has 1 amide bonds. The quantitative estimate of drug-likeness (QED) is 0.480. The van der Waals surface area contributed by atoms with Crippen molar-refractivity contribution in [2.75, 3.05) is 13.2 Å². The van der Waals surface area contributed by atoms with E-state index >= 15 is 0 Å². The van der Waals surface area contributed by atoms with Gasteiger partial charge in [0.25, 0.3) is 5.91 Å². The van der Waals surface area contributed by atoms with Crippen molar-refractivity contribution in [3.63, 3.8) is 0 Å². The summed E-state index contributed by atoms with van der Waals surface area (Å²) in [4.78, 5) is 21.7. The Labute approximate surface area is 117 Å². The molecule has 10 heteroatoms. The van der Waals surface area contributed by atoms with E-state index in [9.17, 15) is 31.5 Å². The van der Waals surface area contributed by atoms with E-state index in [0.29, 0.717) is 0 Å². The van der Waals surface area contributed by atoms with Gasteiger partial charge in [-0.2, -0.15) is 22.0 Å². The molecule has 0 saturated heterocycles. The maximum Gasteiger partial charge on any atom is 0.508 e. The van der Waals surface area contributed by atoms with Crippen molar-refractivity contribution in [2.24, 2.45) is 0 Å². The van der Waals surface area contributed by atoms with Crippen LogP contribution in [-0.2, 0) is 14.3 Å². The summed E-state index contributed by atoms with van der Waals surface area (Å²) in [6.45, 7) is 3.97. The second-order valence-corrected chi connectivity index (χ2v) is 4.99. The summed E-state index contributed by atoms with van der Waals surface area (Å²) >= 11 is 0. The minimum atomic E-state index is -5.95. The zero-order chi connectivity index (χ0) is 16.9. The average molecular weight is 321 g/mol. The Morgan fingerprint density at radius 1 is 1.05 bits per heavy atom. The first-order valence-corrected chi connectivity index (χ1v) is 5.86. The van der Waals surface area contributed by atoms with Crippen LogP contribution < -0.4 is 5.32 Å². The molecule has 0 aromatic carbocycles. The zero-order valence-electron chi connectivity index (χ0n) is 11.6. The van der Waals surface area contributed by atoms with Crippen molar-refractivity contribution < 1.29 is 41.0 Å². The lowest BCUT2D eigenvalue weighted by Gasteiger charge is -2.19. The van der Waals surface area contributed by atoms with E-state index in [0.717, 1.165) is 0 Å². The fourth-order valence-corrected chi connectivity index (χ4v) is 0.949. The molecule has 1 N–H and O–H groups in total. The third kappa shape index (κ3) is 7.09. The summed E-state index contributed by atoms with van der Waals surface area (Å²) in [5, 5.41) is 1.41. The Balaban J connectivity index is 3.97. The van der Waals surface area contributed by atoms with Crippen molar-refractivity contribution in [3.8, 4) is 0 Å². The second-order valence-electron chi connectivity index (χ2n) is 4.99. The van der Waals surface area contributed by atoms with E-state index < -0.39 is 36.3 Å². The summed E-state index contributed by atoms with van der Waals surface area (Å²) in [6, 6.07) is 0. The first-order chi connectivity index (χ1) is 9.27. The molecule has 0 aromatic heterocycles. The molecule has 0 fully saturated rings. The molecular weight excluding hydrogens is 305 g/mol. The van der Waals surface area contributed by atoms with Gasteiger partial charge in [-0.15, -0.1) is 0 Å². The van der Waals surface area contributed by atoms with E-state index in [1.807, 2.05) is 0 Å². The van der Waals surface area contributed by atoms with Crippen molar-refractivity contribution in [1.82, 2.24) is 5.32 Å². The minimum Gasteiger partial charge on any atom is -0.434 e. The van der Waals surface area contributed by atoms with Gasteiger partial charge in [0.2, 0.25) is 0 Å². The third-order valence-corrected chi connectivity index (χ3v) is 1.86. The first kappa shape index (κ1) is 19.4. The molecule has 21 heavy (non-hydrogen) atoms. The van der Waals surface area contributed by atoms with Crippen LogP contribution in [0.3, 0.4) is 0 Å².